The van der Waals surface area contributed by atoms with Crippen molar-refractivity contribution in [2.24, 2.45) is 0 Å². The van der Waals surface area contributed by atoms with Crippen molar-refractivity contribution in [1.82, 2.24) is 15.1 Å². The molecule has 1 heterocycles. The van der Waals surface area contributed by atoms with Crippen LogP contribution in [0.5, 0.6) is 0 Å². The first-order chi connectivity index (χ1) is 19.4. The molecular formula is C31H29BrN3O4P. The van der Waals surface area contributed by atoms with E-state index in [1.165, 1.54) is 0 Å². The number of aromatic nitrogens is 2. The molecular weight excluding hydrogens is 589 g/mol. The monoisotopic (exact) mass is 617 g/mol. The molecule has 5 rings (SSSR count). The molecule has 40 heavy (non-hydrogen) atoms. The summed E-state index contributed by atoms with van der Waals surface area (Å²) in [5.41, 5.74) is 3.26. The molecule has 0 fully saturated rings. The van der Waals surface area contributed by atoms with Crippen molar-refractivity contribution in [3.8, 4) is 16.9 Å². The molecule has 0 bridgehead atoms. The summed E-state index contributed by atoms with van der Waals surface area (Å²) in [6.45, 7) is 3.82. The van der Waals surface area contributed by atoms with E-state index in [4.69, 9.17) is 14.1 Å². The van der Waals surface area contributed by atoms with E-state index in [1.54, 1.807) is 36.7 Å². The zero-order chi connectivity index (χ0) is 28.1. The highest BCUT2D eigenvalue weighted by molar-refractivity contribution is 9.10. The van der Waals surface area contributed by atoms with E-state index in [0.717, 1.165) is 32.2 Å². The standard InChI is InChI=1S/C31H29BrN3O4P/c1-3-38-40(37,39-4-2)31(23-12-6-5-7-13-23)33-30(36)28-21-29(35(34-28)25-19-17-24(32)18-20-25)27-16-10-14-22-11-8-9-15-26(22)27/h5-21,31H,3-4H2,1-2H3,(H,33,36). The van der Waals surface area contributed by atoms with E-state index in [9.17, 15) is 9.36 Å². The second-order valence-electron chi connectivity index (χ2n) is 8.99. The van der Waals surface area contributed by atoms with Gasteiger partial charge < -0.3 is 14.4 Å². The Bertz CT molecular complexity index is 1660. The summed E-state index contributed by atoms with van der Waals surface area (Å²) in [4.78, 5) is 13.8. The molecule has 4 aromatic carbocycles. The Morgan fingerprint density at radius 1 is 0.900 bits per heavy atom. The number of carbonyl (C=O) groups excluding carboxylic acids is 1. The first-order valence-electron chi connectivity index (χ1n) is 13.0. The minimum Gasteiger partial charge on any atom is -0.333 e. The summed E-state index contributed by atoms with van der Waals surface area (Å²) in [5, 5.41) is 9.76. The van der Waals surface area contributed by atoms with Crippen LogP contribution in [0.4, 0.5) is 0 Å². The third kappa shape index (κ3) is 5.81. The highest BCUT2D eigenvalue weighted by atomic mass is 79.9. The lowest BCUT2D eigenvalue weighted by molar-refractivity contribution is 0.0932. The molecule has 204 valence electrons. The Morgan fingerprint density at radius 3 is 2.25 bits per heavy atom. The lowest BCUT2D eigenvalue weighted by Gasteiger charge is -2.27. The number of amides is 1. The number of nitrogens with one attached hydrogen (secondary N) is 1. The SMILES string of the molecule is CCOP(=O)(OCC)C(NC(=O)c1cc(-c2cccc3ccccc23)n(-c2ccc(Br)cc2)n1)c1ccccc1. The van der Waals surface area contributed by atoms with E-state index in [-0.39, 0.29) is 18.9 Å². The van der Waals surface area contributed by atoms with Crippen molar-refractivity contribution in [3.63, 3.8) is 0 Å². The van der Waals surface area contributed by atoms with Gasteiger partial charge in [0.25, 0.3) is 5.91 Å². The summed E-state index contributed by atoms with van der Waals surface area (Å²) in [5.74, 6) is -1.51. The summed E-state index contributed by atoms with van der Waals surface area (Å²) in [6.07, 6.45) is 0. The van der Waals surface area contributed by atoms with Gasteiger partial charge in [-0.1, -0.05) is 88.7 Å². The number of fused-ring (bicyclic) bond motifs is 1. The average molecular weight is 618 g/mol. The second kappa shape index (κ2) is 12.3. The Morgan fingerprint density at radius 2 is 1.55 bits per heavy atom. The molecule has 0 saturated carbocycles. The van der Waals surface area contributed by atoms with Crippen LogP contribution in [-0.2, 0) is 13.6 Å². The van der Waals surface area contributed by atoms with Gasteiger partial charge in [-0.2, -0.15) is 5.10 Å². The maximum Gasteiger partial charge on any atom is 0.357 e. The minimum atomic E-state index is -3.76. The van der Waals surface area contributed by atoms with Gasteiger partial charge in [0.15, 0.2) is 11.5 Å². The van der Waals surface area contributed by atoms with Gasteiger partial charge >= 0.3 is 7.60 Å². The van der Waals surface area contributed by atoms with E-state index in [1.807, 2.05) is 66.7 Å². The van der Waals surface area contributed by atoms with E-state index in [0.29, 0.717) is 5.56 Å². The molecule has 1 N–H and O–H groups in total. The smallest absolute Gasteiger partial charge is 0.333 e. The number of benzene rings is 4. The molecule has 5 aromatic rings. The number of nitrogens with zero attached hydrogens (tertiary/aromatic N) is 2. The molecule has 0 aliphatic carbocycles. The molecule has 1 amide bonds. The topological polar surface area (TPSA) is 82.5 Å². The quantitative estimate of drug-likeness (QED) is 0.160. The molecule has 0 aliphatic heterocycles. The van der Waals surface area contributed by atoms with Crippen LogP contribution < -0.4 is 5.32 Å². The molecule has 0 saturated heterocycles. The van der Waals surface area contributed by atoms with Crippen LogP contribution in [0.15, 0.2) is 108 Å². The van der Waals surface area contributed by atoms with Crippen molar-refractivity contribution in [2.75, 3.05) is 13.2 Å². The number of halogens is 1. The van der Waals surface area contributed by atoms with Gasteiger partial charge in [-0.05, 0) is 60.5 Å². The number of hydrogen-bond donors (Lipinski definition) is 1. The molecule has 1 atom stereocenters. The fourth-order valence-corrected chi connectivity index (χ4v) is 6.81. The van der Waals surface area contributed by atoms with Crippen LogP contribution in [0.3, 0.4) is 0 Å². The Balaban J connectivity index is 1.61. The Hall–Kier alpha value is -3.55. The fourth-order valence-electron chi connectivity index (χ4n) is 4.64. The summed E-state index contributed by atoms with van der Waals surface area (Å²) in [7, 11) is -3.76. The fraction of sp³-hybridized carbons (Fsp3) is 0.161. The van der Waals surface area contributed by atoms with Gasteiger partial charge in [0.1, 0.15) is 0 Å². The van der Waals surface area contributed by atoms with E-state index in [2.05, 4.69) is 39.4 Å². The van der Waals surface area contributed by atoms with Crippen molar-refractivity contribution in [2.45, 2.75) is 19.6 Å². The van der Waals surface area contributed by atoms with Crippen molar-refractivity contribution < 1.29 is 18.4 Å². The van der Waals surface area contributed by atoms with Gasteiger partial charge in [-0.3, -0.25) is 9.36 Å². The molecule has 1 unspecified atom stereocenters. The summed E-state index contributed by atoms with van der Waals surface area (Å²) in [6, 6.07) is 32.7. The highest BCUT2D eigenvalue weighted by Gasteiger charge is 2.38. The lowest BCUT2D eigenvalue weighted by Crippen LogP contribution is -2.30. The minimum absolute atomic E-state index is 0.167. The lowest BCUT2D eigenvalue weighted by atomic mass is 10.0. The predicted molar refractivity (Wildman–Crippen MR) is 162 cm³/mol. The molecule has 0 radical (unpaired) electrons. The summed E-state index contributed by atoms with van der Waals surface area (Å²) >= 11 is 3.49. The molecule has 0 spiro atoms. The maximum atomic E-state index is 13.9. The van der Waals surface area contributed by atoms with E-state index >= 15 is 0 Å². The van der Waals surface area contributed by atoms with Crippen LogP contribution in [-0.4, -0.2) is 28.9 Å². The average Bonchev–Trinajstić information content (AvgIpc) is 3.42. The van der Waals surface area contributed by atoms with Gasteiger partial charge in [-0.25, -0.2) is 4.68 Å². The van der Waals surface area contributed by atoms with Crippen LogP contribution in [0, 0.1) is 0 Å². The first-order valence-corrected chi connectivity index (χ1v) is 15.4. The van der Waals surface area contributed by atoms with Gasteiger partial charge in [0.05, 0.1) is 24.6 Å². The van der Waals surface area contributed by atoms with Crippen LogP contribution in [0.25, 0.3) is 27.7 Å². The summed E-state index contributed by atoms with van der Waals surface area (Å²) < 4.78 is 27.8. The molecule has 0 aliphatic rings. The van der Waals surface area contributed by atoms with Crippen molar-refractivity contribution in [3.05, 3.63) is 119 Å². The number of carbonyl (C=O) groups is 1. The normalized spacial score (nSPS) is 12.4. The zero-order valence-electron chi connectivity index (χ0n) is 22.2. The van der Waals surface area contributed by atoms with Crippen molar-refractivity contribution in [1.29, 1.82) is 0 Å². The molecule has 1 aromatic heterocycles. The second-order valence-corrected chi connectivity index (χ2v) is 12.0. The van der Waals surface area contributed by atoms with E-state index < -0.39 is 19.3 Å². The Kier molecular flexibility index (Phi) is 8.62. The van der Waals surface area contributed by atoms with Crippen molar-refractivity contribution >= 4 is 40.2 Å². The first kappa shape index (κ1) is 28.0. The molecule has 9 heteroatoms. The Labute approximate surface area is 241 Å². The zero-order valence-corrected chi connectivity index (χ0v) is 24.6. The number of hydrogen-bond acceptors (Lipinski definition) is 5. The van der Waals surface area contributed by atoms with Gasteiger partial charge in [0.2, 0.25) is 0 Å². The third-order valence-corrected chi connectivity index (χ3v) is 9.22. The van der Waals surface area contributed by atoms with Crippen LogP contribution in [0.2, 0.25) is 0 Å². The van der Waals surface area contributed by atoms with Gasteiger partial charge in [0, 0.05) is 10.0 Å². The number of rotatable bonds is 10. The van der Waals surface area contributed by atoms with Crippen LogP contribution in [0.1, 0.15) is 35.7 Å². The van der Waals surface area contributed by atoms with Crippen LogP contribution >= 0.6 is 23.5 Å². The maximum absolute atomic E-state index is 13.9. The third-order valence-electron chi connectivity index (χ3n) is 6.40. The molecule has 7 nitrogen and oxygen atoms in total. The predicted octanol–water partition coefficient (Wildman–Crippen LogP) is 8.15. The van der Waals surface area contributed by atoms with Gasteiger partial charge in [-0.15, -0.1) is 0 Å². The largest absolute Gasteiger partial charge is 0.357 e. The highest BCUT2D eigenvalue weighted by Crippen LogP contribution is 2.59.